The second-order valence-corrected chi connectivity index (χ2v) is 5.09. The number of alkyl halides is 3. The van der Waals surface area contributed by atoms with Gasteiger partial charge in [-0.25, -0.2) is 4.98 Å². The number of nitrogens with two attached hydrogens (primary N) is 1. The average Bonchev–Trinajstić information content (AvgIpc) is 2.35. The molecular weight excluding hydrogens is 287 g/mol. The van der Waals surface area contributed by atoms with Crippen LogP contribution in [0.15, 0.2) is 12.1 Å². The maximum Gasteiger partial charge on any atom is 0.433 e. The fraction of sp³-hybridized carbons (Fsp3) is 0.538. The highest BCUT2D eigenvalue weighted by molar-refractivity contribution is 5.97. The first kappa shape index (κ1) is 15.6. The molecule has 0 aromatic carbocycles. The number of anilines is 1. The van der Waals surface area contributed by atoms with Gasteiger partial charge in [0.05, 0.1) is 17.8 Å². The molecule has 1 aromatic rings. The monoisotopic (exact) mass is 303 g/mol. The van der Waals surface area contributed by atoms with Gasteiger partial charge in [-0.3, -0.25) is 4.79 Å². The van der Waals surface area contributed by atoms with Crippen molar-refractivity contribution in [1.29, 1.82) is 0 Å². The SMILES string of the molecule is CC1CN(c2nc(C(F)(F)F)ccc2C(N)=O)CC(C)O1. The zero-order valence-corrected chi connectivity index (χ0v) is 11.6. The Morgan fingerprint density at radius 2 is 1.90 bits per heavy atom. The van der Waals surface area contributed by atoms with Crippen LogP contribution in [0.1, 0.15) is 29.9 Å². The predicted octanol–water partition coefficient (Wildman–Crippen LogP) is 1.81. The van der Waals surface area contributed by atoms with Crippen molar-refractivity contribution in [2.75, 3.05) is 18.0 Å². The van der Waals surface area contributed by atoms with E-state index in [2.05, 4.69) is 4.98 Å². The summed E-state index contributed by atoms with van der Waals surface area (Å²) in [6, 6.07) is 1.83. The Balaban J connectivity index is 2.45. The highest BCUT2D eigenvalue weighted by Gasteiger charge is 2.35. The number of carbonyl (C=O) groups excluding carboxylic acids is 1. The Bertz CT molecular complexity index is 538. The summed E-state index contributed by atoms with van der Waals surface area (Å²) in [4.78, 5) is 16.6. The highest BCUT2D eigenvalue weighted by Crippen LogP contribution is 2.31. The molecule has 0 aliphatic carbocycles. The van der Waals surface area contributed by atoms with Crippen molar-refractivity contribution in [3.8, 4) is 0 Å². The minimum absolute atomic E-state index is 0.0238. The first-order chi connectivity index (χ1) is 9.68. The quantitative estimate of drug-likeness (QED) is 0.905. The van der Waals surface area contributed by atoms with Gasteiger partial charge in [-0.1, -0.05) is 0 Å². The lowest BCUT2D eigenvalue weighted by molar-refractivity contribution is -0.141. The van der Waals surface area contributed by atoms with Crippen LogP contribution in [0.3, 0.4) is 0 Å². The largest absolute Gasteiger partial charge is 0.433 e. The second-order valence-electron chi connectivity index (χ2n) is 5.09. The molecule has 2 atom stereocenters. The number of rotatable bonds is 2. The fourth-order valence-corrected chi connectivity index (χ4v) is 2.39. The van der Waals surface area contributed by atoms with Gasteiger partial charge in [0.2, 0.25) is 0 Å². The van der Waals surface area contributed by atoms with E-state index >= 15 is 0 Å². The number of nitrogens with zero attached hydrogens (tertiary/aromatic N) is 2. The zero-order valence-electron chi connectivity index (χ0n) is 11.6. The summed E-state index contributed by atoms with van der Waals surface area (Å²) >= 11 is 0. The normalized spacial score (nSPS) is 23.2. The molecule has 5 nitrogen and oxygen atoms in total. The summed E-state index contributed by atoms with van der Waals surface area (Å²) in [7, 11) is 0. The van der Waals surface area contributed by atoms with Crippen molar-refractivity contribution < 1.29 is 22.7 Å². The summed E-state index contributed by atoms with van der Waals surface area (Å²) in [6.07, 6.45) is -4.93. The van der Waals surface area contributed by atoms with Crippen molar-refractivity contribution in [1.82, 2.24) is 4.98 Å². The van der Waals surface area contributed by atoms with Gasteiger partial charge in [-0.05, 0) is 26.0 Å². The molecular formula is C13H16F3N3O2. The Morgan fingerprint density at radius 3 is 2.38 bits per heavy atom. The van der Waals surface area contributed by atoms with E-state index in [0.29, 0.717) is 13.1 Å². The minimum atomic E-state index is -4.57. The van der Waals surface area contributed by atoms with Gasteiger partial charge in [0.25, 0.3) is 5.91 Å². The first-order valence-corrected chi connectivity index (χ1v) is 6.47. The van der Waals surface area contributed by atoms with Crippen molar-refractivity contribution >= 4 is 11.7 Å². The molecule has 1 saturated heterocycles. The maximum atomic E-state index is 12.8. The third-order valence-corrected chi connectivity index (χ3v) is 3.15. The third kappa shape index (κ3) is 3.44. The van der Waals surface area contributed by atoms with Crippen molar-refractivity contribution in [2.45, 2.75) is 32.2 Å². The van der Waals surface area contributed by atoms with Crippen LogP contribution in [0.4, 0.5) is 19.0 Å². The van der Waals surface area contributed by atoms with E-state index in [9.17, 15) is 18.0 Å². The number of amides is 1. The van der Waals surface area contributed by atoms with E-state index in [4.69, 9.17) is 10.5 Å². The van der Waals surface area contributed by atoms with Gasteiger partial charge in [0, 0.05) is 13.1 Å². The van der Waals surface area contributed by atoms with E-state index < -0.39 is 17.8 Å². The van der Waals surface area contributed by atoms with Gasteiger partial charge in [-0.15, -0.1) is 0 Å². The Morgan fingerprint density at radius 1 is 1.33 bits per heavy atom. The van der Waals surface area contributed by atoms with Crippen LogP contribution in [0, 0.1) is 0 Å². The molecule has 0 radical (unpaired) electrons. The van der Waals surface area contributed by atoms with Crippen LogP contribution < -0.4 is 10.6 Å². The lowest BCUT2D eigenvalue weighted by atomic mass is 10.1. The number of halogens is 3. The summed E-state index contributed by atoms with van der Waals surface area (Å²) in [5, 5.41) is 0. The van der Waals surface area contributed by atoms with Gasteiger partial charge in [-0.2, -0.15) is 13.2 Å². The van der Waals surface area contributed by atoms with E-state index in [-0.39, 0.29) is 23.6 Å². The molecule has 0 spiro atoms. The van der Waals surface area contributed by atoms with Gasteiger partial charge >= 0.3 is 6.18 Å². The molecule has 1 aliphatic rings. The third-order valence-electron chi connectivity index (χ3n) is 3.15. The standard InChI is InChI=1S/C13H16F3N3O2/c1-7-5-19(6-8(2)21-7)12-9(11(17)20)3-4-10(18-12)13(14,15)16/h3-4,7-8H,5-6H2,1-2H3,(H2,17,20). The average molecular weight is 303 g/mol. The lowest BCUT2D eigenvalue weighted by Crippen LogP contribution is -2.46. The van der Waals surface area contributed by atoms with Crippen molar-refractivity contribution in [3.63, 3.8) is 0 Å². The number of hydrogen-bond acceptors (Lipinski definition) is 4. The van der Waals surface area contributed by atoms with E-state index in [1.54, 1.807) is 18.7 Å². The molecule has 2 N–H and O–H groups in total. The molecule has 2 rings (SSSR count). The molecule has 1 aliphatic heterocycles. The topological polar surface area (TPSA) is 68.5 Å². The number of primary amides is 1. The maximum absolute atomic E-state index is 12.8. The fourth-order valence-electron chi connectivity index (χ4n) is 2.39. The summed E-state index contributed by atoms with van der Waals surface area (Å²) in [6.45, 7) is 4.30. The summed E-state index contributed by atoms with van der Waals surface area (Å²) in [5.41, 5.74) is 4.16. The van der Waals surface area contributed by atoms with Crippen LogP contribution >= 0.6 is 0 Å². The van der Waals surface area contributed by atoms with Crippen LogP contribution in [-0.2, 0) is 10.9 Å². The smallest absolute Gasteiger partial charge is 0.372 e. The van der Waals surface area contributed by atoms with E-state index in [1.165, 1.54) is 0 Å². The van der Waals surface area contributed by atoms with Crippen LogP contribution in [0.2, 0.25) is 0 Å². The summed E-state index contributed by atoms with van der Waals surface area (Å²) in [5.74, 6) is -0.850. The molecule has 1 aromatic heterocycles. The molecule has 0 bridgehead atoms. The number of hydrogen-bond donors (Lipinski definition) is 1. The van der Waals surface area contributed by atoms with Gasteiger partial charge in [0.15, 0.2) is 0 Å². The highest BCUT2D eigenvalue weighted by atomic mass is 19.4. The van der Waals surface area contributed by atoms with E-state index in [1.807, 2.05) is 0 Å². The lowest BCUT2D eigenvalue weighted by Gasteiger charge is -2.36. The molecule has 0 saturated carbocycles. The van der Waals surface area contributed by atoms with Crippen LogP contribution in [0.25, 0.3) is 0 Å². The number of aromatic nitrogens is 1. The molecule has 2 heterocycles. The summed E-state index contributed by atoms with van der Waals surface area (Å²) < 4.78 is 43.9. The number of morpholine rings is 1. The Labute approximate surface area is 119 Å². The van der Waals surface area contributed by atoms with E-state index in [0.717, 1.165) is 12.1 Å². The van der Waals surface area contributed by atoms with Crippen molar-refractivity contribution in [2.24, 2.45) is 5.73 Å². The molecule has 1 amide bonds. The Hall–Kier alpha value is -1.83. The van der Waals surface area contributed by atoms with Gasteiger partial charge in [0.1, 0.15) is 11.5 Å². The molecule has 2 unspecified atom stereocenters. The second kappa shape index (κ2) is 5.51. The number of pyridine rings is 1. The van der Waals surface area contributed by atoms with Crippen LogP contribution in [0.5, 0.6) is 0 Å². The first-order valence-electron chi connectivity index (χ1n) is 6.47. The molecule has 8 heteroatoms. The Kier molecular flexibility index (Phi) is 4.08. The molecule has 116 valence electrons. The number of carbonyl (C=O) groups is 1. The predicted molar refractivity (Wildman–Crippen MR) is 70.0 cm³/mol. The molecule has 1 fully saturated rings. The minimum Gasteiger partial charge on any atom is -0.372 e. The van der Waals surface area contributed by atoms with Crippen molar-refractivity contribution in [3.05, 3.63) is 23.4 Å². The molecule has 21 heavy (non-hydrogen) atoms. The van der Waals surface area contributed by atoms with Crippen LogP contribution in [-0.4, -0.2) is 36.2 Å². The zero-order chi connectivity index (χ0) is 15.8. The van der Waals surface area contributed by atoms with Gasteiger partial charge < -0.3 is 15.4 Å². The number of ether oxygens (including phenoxy) is 1.